The fourth-order valence-corrected chi connectivity index (χ4v) is 6.36. The van der Waals surface area contributed by atoms with Gasteiger partial charge in [0.05, 0.1) is 23.9 Å². The molecule has 3 aliphatic rings. The summed E-state index contributed by atoms with van der Waals surface area (Å²) < 4.78 is 5.97. The summed E-state index contributed by atoms with van der Waals surface area (Å²) >= 11 is 1.32. The normalized spacial score (nSPS) is 22.4. The number of carbonyl (C=O) groups is 4. The molecule has 0 radical (unpaired) electrons. The minimum atomic E-state index is -1.07. The Morgan fingerprint density at radius 2 is 1.93 bits per heavy atom. The van der Waals surface area contributed by atoms with Gasteiger partial charge in [-0.15, -0.1) is 11.3 Å². The molecule has 1 aromatic heterocycles. The molecule has 1 aromatic rings. The fraction of sp³-hybridized carbons (Fsp3) is 0.621. The van der Waals surface area contributed by atoms with Crippen molar-refractivity contribution in [2.45, 2.75) is 40.0 Å². The zero-order valence-electron chi connectivity index (χ0n) is 23.6. The van der Waals surface area contributed by atoms with Crippen LogP contribution >= 0.6 is 11.3 Å². The zero-order chi connectivity index (χ0) is 29.1. The van der Waals surface area contributed by atoms with Crippen LogP contribution in [0.1, 0.15) is 49.7 Å². The van der Waals surface area contributed by atoms with Crippen LogP contribution in [0.2, 0.25) is 0 Å². The van der Waals surface area contributed by atoms with E-state index >= 15 is 0 Å². The lowest BCUT2D eigenvalue weighted by atomic mass is 9.71. The van der Waals surface area contributed by atoms with Gasteiger partial charge >= 0.3 is 5.97 Å². The molecule has 1 spiro atoms. The van der Waals surface area contributed by atoms with Gasteiger partial charge < -0.3 is 24.5 Å². The summed E-state index contributed by atoms with van der Waals surface area (Å²) in [5.41, 5.74) is 1.48. The number of carboxylic acids is 1. The first-order chi connectivity index (χ1) is 19.0. The minimum Gasteiger partial charge on any atom is -0.478 e. The standard InChI is InChI=1S/C29H40N4O6S/c1-5-9-31(10-7-6-8-20(2)27(37)38)24(34)15-39-14-21-13-32(26(36)23-12-30-19-40-23)16-29(21)17-33(18-29)25(35)22-11-28(22,3)4/h6,8,12,19,21-22H,2,5,7,9-11,13-18H2,1,3-4H3,(H,37,38)/b8-6-/t21?,22-/m1/s1. The van der Waals surface area contributed by atoms with E-state index in [2.05, 4.69) is 25.4 Å². The Morgan fingerprint density at radius 1 is 1.23 bits per heavy atom. The van der Waals surface area contributed by atoms with Gasteiger partial charge in [0, 0.05) is 56.5 Å². The van der Waals surface area contributed by atoms with Crippen LogP contribution in [0.25, 0.3) is 0 Å². The van der Waals surface area contributed by atoms with Crippen LogP contribution in [0.15, 0.2) is 36.0 Å². The maximum absolute atomic E-state index is 13.1. The van der Waals surface area contributed by atoms with Crippen molar-refractivity contribution in [3.05, 3.63) is 40.9 Å². The third-order valence-electron chi connectivity index (χ3n) is 8.43. The van der Waals surface area contributed by atoms with Crippen LogP contribution < -0.4 is 0 Å². The molecule has 1 N–H and O–H groups in total. The van der Waals surface area contributed by atoms with E-state index in [9.17, 15) is 19.2 Å². The largest absolute Gasteiger partial charge is 0.478 e. The highest BCUT2D eigenvalue weighted by Crippen LogP contribution is 2.54. The Hall–Kier alpha value is -3.05. The summed E-state index contributed by atoms with van der Waals surface area (Å²) in [7, 11) is 0. The average molecular weight is 573 g/mol. The van der Waals surface area contributed by atoms with E-state index in [4.69, 9.17) is 9.84 Å². The molecule has 4 rings (SSSR count). The molecule has 1 saturated carbocycles. The van der Waals surface area contributed by atoms with Crippen LogP contribution in [-0.2, 0) is 19.1 Å². The van der Waals surface area contributed by atoms with E-state index in [-0.39, 0.29) is 52.6 Å². The molecule has 3 heterocycles. The summed E-state index contributed by atoms with van der Waals surface area (Å²) in [4.78, 5) is 60.1. The maximum Gasteiger partial charge on any atom is 0.335 e. The van der Waals surface area contributed by atoms with E-state index in [1.165, 1.54) is 17.4 Å². The van der Waals surface area contributed by atoms with Gasteiger partial charge in [0.1, 0.15) is 11.5 Å². The minimum absolute atomic E-state index is 0.00200. The summed E-state index contributed by atoms with van der Waals surface area (Å²) in [6, 6.07) is 0. The Labute approximate surface area is 239 Å². The molecule has 1 unspecified atom stereocenters. The molecule has 10 nitrogen and oxygen atoms in total. The zero-order valence-corrected chi connectivity index (χ0v) is 24.5. The number of hydrogen-bond donors (Lipinski definition) is 1. The first-order valence-electron chi connectivity index (χ1n) is 13.9. The smallest absolute Gasteiger partial charge is 0.335 e. The van der Waals surface area contributed by atoms with Gasteiger partial charge in [0.15, 0.2) is 0 Å². The van der Waals surface area contributed by atoms with Gasteiger partial charge in [-0.3, -0.25) is 19.4 Å². The number of carbonyl (C=O) groups excluding carboxylic acids is 3. The summed E-state index contributed by atoms with van der Waals surface area (Å²) in [6.07, 6.45) is 6.96. The molecular weight excluding hydrogens is 532 g/mol. The van der Waals surface area contributed by atoms with Crippen LogP contribution in [0.4, 0.5) is 0 Å². The average Bonchev–Trinajstić information content (AvgIpc) is 3.25. The summed E-state index contributed by atoms with van der Waals surface area (Å²) in [5.74, 6) is -0.958. The second-order valence-corrected chi connectivity index (χ2v) is 12.9. The van der Waals surface area contributed by atoms with Crippen LogP contribution in [0.3, 0.4) is 0 Å². The highest BCUT2D eigenvalue weighted by atomic mass is 32.1. The molecule has 40 heavy (non-hydrogen) atoms. The monoisotopic (exact) mass is 572 g/mol. The number of likely N-dealkylation sites (tertiary alicyclic amines) is 2. The molecule has 3 amide bonds. The van der Waals surface area contributed by atoms with Gasteiger partial charge in [-0.2, -0.15) is 0 Å². The topological polar surface area (TPSA) is 120 Å². The molecule has 2 atom stereocenters. The molecule has 3 fully saturated rings. The van der Waals surface area contributed by atoms with Crippen LogP contribution in [0.5, 0.6) is 0 Å². The number of thiazole rings is 1. The lowest BCUT2D eigenvalue weighted by Crippen LogP contribution is -2.63. The number of rotatable bonds is 13. The Bertz CT molecular complexity index is 1160. The summed E-state index contributed by atoms with van der Waals surface area (Å²) in [5, 5.41) is 8.92. The summed E-state index contributed by atoms with van der Waals surface area (Å²) in [6.45, 7) is 13.3. The SMILES string of the molecule is C=C(/C=C\CCN(CCC)C(=O)COCC1CN(C(=O)c2cncs2)CC12CN(C(=O)[C@H]1CC1(C)C)C2)C(=O)O. The number of aromatic nitrogens is 1. The second-order valence-electron chi connectivity index (χ2n) is 12.0. The van der Waals surface area contributed by atoms with Gasteiger partial charge in [0.2, 0.25) is 11.8 Å². The van der Waals surface area contributed by atoms with Crippen molar-refractivity contribution in [2.75, 3.05) is 52.5 Å². The molecular formula is C29H40N4O6S. The van der Waals surface area contributed by atoms with Crippen molar-refractivity contribution < 1.29 is 29.0 Å². The number of carboxylic acid groups (broad SMARTS) is 1. The Kier molecular flexibility index (Phi) is 9.14. The number of nitrogens with zero attached hydrogens (tertiary/aromatic N) is 4. The quantitative estimate of drug-likeness (QED) is 0.285. The number of amides is 3. The van der Waals surface area contributed by atoms with Crippen molar-refractivity contribution in [3.8, 4) is 0 Å². The second kappa shape index (κ2) is 12.2. The van der Waals surface area contributed by atoms with E-state index in [1.807, 2.05) is 16.7 Å². The Morgan fingerprint density at radius 3 is 2.52 bits per heavy atom. The Balaban J connectivity index is 1.33. The van der Waals surface area contributed by atoms with Crippen molar-refractivity contribution >= 4 is 35.0 Å². The number of aliphatic carboxylic acids is 1. The first-order valence-corrected chi connectivity index (χ1v) is 14.8. The highest BCUT2D eigenvalue weighted by molar-refractivity contribution is 7.11. The lowest BCUT2D eigenvalue weighted by molar-refractivity contribution is -0.149. The molecule has 218 valence electrons. The van der Waals surface area contributed by atoms with Crippen molar-refractivity contribution in [1.29, 1.82) is 0 Å². The highest BCUT2D eigenvalue weighted by Gasteiger charge is 2.60. The molecule has 0 bridgehead atoms. The third kappa shape index (κ3) is 6.63. The molecule has 2 saturated heterocycles. The van der Waals surface area contributed by atoms with Gasteiger partial charge in [-0.05, 0) is 24.7 Å². The van der Waals surface area contributed by atoms with E-state index in [1.54, 1.807) is 22.7 Å². The number of hydrogen-bond acceptors (Lipinski definition) is 7. The molecule has 0 aromatic carbocycles. The number of ether oxygens (including phenoxy) is 1. The predicted octanol–water partition coefficient (Wildman–Crippen LogP) is 2.93. The van der Waals surface area contributed by atoms with Gasteiger partial charge in [-0.25, -0.2) is 4.79 Å². The van der Waals surface area contributed by atoms with Crippen LogP contribution in [0, 0.1) is 22.7 Å². The molecule has 1 aliphatic carbocycles. The van der Waals surface area contributed by atoms with Crippen molar-refractivity contribution in [2.24, 2.45) is 22.7 Å². The van der Waals surface area contributed by atoms with Crippen LogP contribution in [-0.4, -0.2) is 101 Å². The van der Waals surface area contributed by atoms with Crippen molar-refractivity contribution in [1.82, 2.24) is 19.7 Å². The molecule has 2 aliphatic heterocycles. The van der Waals surface area contributed by atoms with Gasteiger partial charge in [0.25, 0.3) is 5.91 Å². The van der Waals surface area contributed by atoms with E-state index in [0.29, 0.717) is 57.2 Å². The fourth-order valence-electron chi connectivity index (χ4n) is 5.77. The first kappa shape index (κ1) is 29.9. The van der Waals surface area contributed by atoms with E-state index in [0.717, 1.165) is 12.8 Å². The maximum atomic E-state index is 13.1. The third-order valence-corrected chi connectivity index (χ3v) is 9.19. The van der Waals surface area contributed by atoms with Gasteiger partial charge in [-0.1, -0.05) is 39.5 Å². The van der Waals surface area contributed by atoms with Crippen molar-refractivity contribution in [3.63, 3.8) is 0 Å². The van der Waals surface area contributed by atoms with E-state index < -0.39 is 5.97 Å². The molecule has 11 heteroatoms. The lowest BCUT2D eigenvalue weighted by Gasteiger charge is -2.51. The predicted molar refractivity (Wildman–Crippen MR) is 151 cm³/mol.